The number of likely N-dealkylation sites (tertiary alicyclic amines) is 1. The van der Waals surface area contributed by atoms with E-state index in [1.807, 2.05) is 17.2 Å². The fourth-order valence-electron chi connectivity index (χ4n) is 2.81. The van der Waals surface area contributed by atoms with Gasteiger partial charge in [-0.25, -0.2) is 4.98 Å². The minimum Gasteiger partial charge on any atom is -0.342 e. The number of nitrogens with zero attached hydrogens (tertiary/aromatic N) is 2. The average molecular weight is 320 g/mol. The lowest BCUT2D eigenvalue weighted by Gasteiger charge is -2.32. The second-order valence-electron chi connectivity index (χ2n) is 5.57. The highest BCUT2D eigenvalue weighted by Crippen LogP contribution is 2.30. The maximum atomic E-state index is 12.4. The van der Waals surface area contributed by atoms with Crippen molar-refractivity contribution < 1.29 is 4.79 Å². The molecule has 3 rings (SSSR count). The Labute approximate surface area is 133 Å². The highest BCUT2D eigenvalue weighted by molar-refractivity contribution is 7.11. The number of aromatic nitrogens is 1. The summed E-state index contributed by atoms with van der Waals surface area (Å²) in [6, 6.07) is 4.15. The molecule has 0 N–H and O–H groups in total. The summed E-state index contributed by atoms with van der Waals surface area (Å²) in [6.07, 6.45) is 5.69. The normalized spacial score (nSPS) is 18.9. The van der Waals surface area contributed by atoms with E-state index in [-0.39, 0.29) is 0 Å². The first kappa shape index (κ1) is 14.7. The van der Waals surface area contributed by atoms with Crippen LogP contribution in [0.1, 0.15) is 39.9 Å². The lowest BCUT2D eigenvalue weighted by Crippen LogP contribution is -2.39. The van der Waals surface area contributed by atoms with E-state index in [1.165, 1.54) is 14.8 Å². The van der Waals surface area contributed by atoms with E-state index in [0.29, 0.717) is 18.2 Å². The Balaban J connectivity index is 1.56. The Morgan fingerprint density at radius 3 is 3.14 bits per heavy atom. The highest BCUT2D eigenvalue weighted by atomic mass is 32.1. The molecule has 2 aromatic rings. The topological polar surface area (TPSA) is 33.2 Å². The second kappa shape index (κ2) is 6.71. The van der Waals surface area contributed by atoms with Crippen LogP contribution in [-0.2, 0) is 11.2 Å². The number of amides is 1. The summed E-state index contributed by atoms with van der Waals surface area (Å²) >= 11 is 3.50. The molecule has 1 unspecified atom stereocenters. The maximum absolute atomic E-state index is 12.4. The summed E-state index contributed by atoms with van der Waals surface area (Å²) in [6.45, 7) is 3.84. The van der Waals surface area contributed by atoms with E-state index in [1.54, 1.807) is 22.7 Å². The molecule has 1 saturated heterocycles. The number of thiophene rings is 1. The van der Waals surface area contributed by atoms with Crippen LogP contribution in [0.3, 0.4) is 0 Å². The van der Waals surface area contributed by atoms with Gasteiger partial charge < -0.3 is 4.90 Å². The Hall–Kier alpha value is -1.20. The Morgan fingerprint density at radius 1 is 1.52 bits per heavy atom. The number of carbonyl (C=O) groups is 1. The van der Waals surface area contributed by atoms with Crippen LogP contribution in [0.15, 0.2) is 23.7 Å². The maximum Gasteiger partial charge on any atom is 0.222 e. The molecule has 0 aliphatic carbocycles. The van der Waals surface area contributed by atoms with Crippen molar-refractivity contribution in [3.8, 4) is 0 Å². The molecular formula is C16H20N2OS2. The van der Waals surface area contributed by atoms with Crippen LogP contribution in [0, 0.1) is 6.92 Å². The monoisotopic (exact) mass is 320 g/mol. The Kier molecular flexibility index (Phi) is 4.70. The first-order valence-corrected chi connectivity index (χ1v) is 9.14. The van der Waals surface area contributed by atoms with Crippen LogP contribution < -0.4 is 0 Å². The number of hydrogen-bond donors (Lipinski definition) is 0. The summed E-state index contributed by atoms with van der Waals surface area (Å²) < 4.78 is 0. The molecule has 1 amide bonds. The first-order valence-electron chi connectivity index (χ1n) is 7.45. The SMILES string of the molecule is Cc1cnc(C2CCCN(C(=O)CCc3cccs3)C2)s1. The predicted molar refractivity (Wildman–Crippen MR) is 88.0 cm³/mol. The van der Waals surface area contributed by atoms with Crippen molar-refractivity contribution in [1.82, 2.24) is 9.88 Å². The molecule has 1 atom stereocenters. The summed E-state index contributed by atoms with van der Waals surface area (Å²) in [4.78, 5) is 21.5. The van der Waals surface area contributed by atoms with Crippen LogP contribution in [-0.4, -0.2) is 28.9 Å². The Morgan fingerprint density at radius 2 is 2.43 bits per heavy atom. The molecule has 0 aromatic carbocycles. The zero-order chi connectivity index (χ0) is 14.7. The third-order valence-corrected chi connectivity index (χ3v) is 5.94. The van der Waals surface area contributed by atoms with Gasteiger partial charge in [0.15, 0.2) is 0 Å². The quantitative estimate of drug-likeness (QED) is 0.857. The molecule has 1 aliphatic heterocycles. The van der Waals surface area contributed by atoms with E-state index in [4.69, 9.17) is 0 Å². The van der Waals surface area contributed by atoms with Gasteiger partial charge in [0, 0.05) is 41.4 Å². The van der Waals surface area contributed by atoms with Gasteiger partial charge in [-0.05, 0) is 37.6 Å². The standard InChI is InChI=1S/C16H20N2OS2/c1-12-10-17-16(21-12)13-4-2-8-18(11-13)15(19)7-6-14-5-3-9-20-14/h3,5,9-10,13H,2,4,6-8,11H2,1H3. The van der Waals surface area contributed by atoms with E-state index in [0.717, 1.165) is 32.4 Å². The number of carbonyl (C=O) groups excluding carboxylic acids is 1. The molecule has 21 heavy (non-hydrogen) atoms. The van der Waals surface area contributed by atoms with Gasteiger partial charge in [0.2, 0.25) is 5.91 Å². The van der Waals surface area contributed by atoms with Gasteiger partial charge in [0.25, 0.3) is 0 Å². The molecule has 1 aliphatic rings. The zero-order valence-corrected chi connectivity index (χ0v) is 13.9. The molecule has 1 fully saturated rings. The van der Waals surface area contributed by atoms with Crippen molar-refractivity contribution in [3.05, 3.63) is 38.5 Å². The second-order valence-corrected chi connectivity index (χ2v) is 7.87. The van der Waals surface area contributed by atoms with E-state index < -0.39 is 0 Å². The fraction of sp³-hybridized carbons (Fsp3) is 0.500. The minimum absolute atomic E-state index is 0.293. The van der Waals surface area contributed by atoms with Gasteiger partial charge in [-0.2, -0.15) is 0 Å². The third-order valence-electron chi connectivity index (χ3n) is 3.93. The fourth-order valence-corrected chi connectivity index (χ4v) is 4.42. The van der Waals surface area contributed by atoms with Crippen LogP contribution in [0.5, 0.6) is 0 Å². The number of rotatable bonds is 4. The minimum atomic E-state index is 0.293. The Bertz CT molecular complexity index is 591. The lowest BCUT2D eigenvalue weighted by molar-refractivity contribution is -0.132. The number of aryl methyl sites for hydroxylation is 2. The van der Waals surface area contributed by atoms with E-state index in [9.17, 15) is 4.79 Å². The predicted octanol–water partition coefficient (Wildman–Crippen LogP) is 3.85. The lowest BCUT2D eigenvalue weighted by atomic mass is 9.98. The molecule has 0 spiro atoms. The molecule has 0 radical (unpaired) electrons. The van der Waals surface area contributed by atoms with Crippen molar-refractivity contribution >= 4 is 28.6 Å². The van der Waals surface area contributed by atoms with Crippen molar-refractivity contribution in [2.24, 2.45) is 0 Å². The van der Waals surface area contributed by atoms with E-state index >= 15 is 0 Å². The molecule has 5 heteroatoms. The molecular weight excluding hydrogens is 300 g/mol. The van der Waals surface area contributed by atoms with Gasteiger partial charge in [0.1, 0.15) is 0 Å². The summed E-state index contributed by atoms with van der Waals surface area (Å²) in [5.74, 6) is 0.726. The smallest absolute Gasteiger partial charge is 0.222 e. The highest BCUT2D eigenvalue weighted by Gasteiger charge is 2.26. The summed E-state index contributed by atoms with van der Waals surface area (Å²) in [5, 5.41) is 3.27. The van der Waals surface area contributed by atoms with Gasteiger partial charge in [-0.3, -0.25) is 4.79 Å². The first-order chi connectivity index (χ1) is 10.2. The van der Waals surface area contributed by atoms with Gasteiger partial charge in [0.05, 0.1) is 5.01 Å². The molecule has 2 aromatic heterocycles. The van der Waals surface area contributed by atoms with Crippen molar-refractivity contribution in [1.29, 1.82) is 0 Å². The number of hydrogen-bond acceptors (Lipinski definition) is 4. The van der Waals surface area contributed by atoms with Crippen molar-refractivity contribution in [2.75, 3.05) is 13.1 Å². The van der Waals surface area contributed by atoms with Crippen LogP contribution in [0.25, 0.3) is 0 Å². The van der Waals surface area contributed by atoms with Crippen LogP contribution in [0.4, 0.5) is 0 Å². The summed E-state index contributed by atoms with van der Waals surface area (Å²) in [7, 11) is 0. The number of thiazole rings is 1. The van der Waals surface area contributed by atoms with Gasteiger partial charge in [-0.15, -0.1) is 22.7 Å². The molecule has 3 heterocycles. The molecule has 0 saturated carbocycles. The van der Waals surface area contributed by atoms with Crippen LogP contribution in [0.2, 0.25) is 0 Å². The molecule has 0 bridgehead atoms. The summed E-state index contributed by atoms with van der Waals surface area (Å²) in [5.41, 5.74) is 0. The number of piperidine rings is 1. The zero-order valence-electron chi connectivity index (χ0n) is 12.2. The van der Waals surface area contributed by atoms with E-state index in [2.05, 4.69) is 23.4 Å². The van der Waals surface area contributed by atoms with Gasteiger partial charge in [-0.1, -0.05) is 6.07 Å². The van der Waals surface area contributed by atoms with Crippen molar-refractivity contribution in [3.63, 3.8) is 0 Å². The largest absolute Gasteiger partial charge is 0.342 e. The van der Waals surface area contributed by atoms with Crippen molar-refractivity contribution in [2.45, 2.75) is 38.5 Å². The molecule has 3 nitrogen and oxygen atoms in total. The van der Waals surface area contributed by atoms with Crippen LogP contribution >= 0.6 is 22.7 Å². The molecule has 112 valence electrons. The van der Waals surface area contributed by atoms with Gasteiger partial charge >= 0.3 is 0 Å². The average Bonchev–Trinajstić information content (AvgIpc) is 3.16. The third kappa shape index (κ3) is 3.71.